The van der Waals surface area contributed by atoms with Crippen molar-refractivity contribution >= 4 is 6.41 Å². The molecule has 4 heteroatoms. The molecule has 0 radical (unpaired) electrons. The Morgan fingerprint density at radius 2 is 1.93 bits per heavy atom. The van der Waals surface area contributed by atoms with Crippen LogP contribution < -0.4 is 0 Å². The molecule has 0 aromatic heterocycles. The standard InChI is InChI=1S/C10H20N2O2/c1-2-8-14-9-7-11-3-5-12(10-13)6-4-11/h10H,2-9H2,1H3. The molecule has 1 aliphatic heterocycles. The Hall–Kier alpha value is -0.610. The molecule has 1 saturated heterocycles. The van der Waals surface area contributed by atoms with E-state index in [2.05, 4.69) is 11.8 Å². The van der Waals surface area contributed by atoms with Gasteiger partial charge in [-0.1, -0.05) is 6.92 Å². The van der Waals surface area contributed by atoms with Crippen LogP contribution in [0.1, 0.15) is 13.3 Å². The van der Waals surface area contributed by atoms with Crippen LogP contribution in [-0.4, -0.2) is 62.1 Å². The highest BCUT2D eigenvalue weighted by molar-refractivity contribution is 5.47. The molecule has 0 atom stereocenters. The summed E-state index contributed by atoms with van der Waals surface area (Å²) >= 11 is 0. The van der Waals surface area contributed by atoms with Crippen molar-refractivity contribution in [1.29, 1.82) is 0 Å². The van der Waals surface area contributed by atoms with E-state index in [-0.39, 0.29) is 0 Å². The summed E-state index contributed by atoms with van der Waals surface area (Å²) in [4.78, 5) is 14.6. The summed E-state index contributed by atoms with van der Waals surface area (Å²) in [5.41, 5.74) is 0. The normalized spacial score (nSPS) is 18.5. The monoisotopic (exact) mass is 200 g/mol. The van der Waals surface area contributed by atoms with E-state index in [1.54, 1.807) is 0 Å². The lowest BCUT2D eigenvalue weighted by atomic mass is 10.3. The highest BCUT2D eigenvalue weighted by Gasteiger charge is 2.14. The van der Waals surface area contributed by atoms with Crippen LogP contribution in [0.25, 0.3) is 0 Å². The minimum atomic E-state index is 0.814. The summed E-state index contributed by atoms with van der Waals surface area (Å²) in [5, 5.41) is 0. The number of hydrogen-bond donors (Lipinski definition) is 0. The summed E-state index contributed by atoms with van der Waals surface area (Å²) < 4.78 is 5.41. The first-order valence-corrected chi connectivity index (χ1v) is 5.36. The zero-order valence-electron chi connectivity index (χ0n) is 8.95. The Kier molecular flexibility index (Phi) is 5.56. The number of piperazine rings is 1. The molecule has 1 rings (SSSR count). The van der Waals surface area contributed by atoms with Gasteiger partial charge in [0.05, 0.1) is 6.61 Å². The van der Waals surface area contributed by atoms with Crippen molar-refractivity contribution < 1.29 is 9.53 Å². The van der Waals surface area contributed by atoms with Crippen LogP contribution in [0.5, 0.6) is 0 Å². The van der Waals surface area contributed by atoms with E-state index in [9.17, 15) is 4.79 Å². The van der Waals surface area contributed by atoms with E-state index in [0.717, 1.165) is 58.8 Å². The number of ether oxygens (including phenoxy) is 1. The van der Waals surface area contributed by atoms with Gasteiger partial charge < -0.3 is 9.64 Å². The lowest BCUT2D eigenvalue weighted by molar-refractivity contribution is -0.119. The summed E-state index contributed by atoms with van der Waals surface area (Å²) in [6.45, 7) is 8.45. The molecule has 0 aliphatic carbocycles. The van der Waals surface area contributed by atoms with E-state index in [1.165, 1.54) is 0 Å². The second kappa shape index (κ2) is 6.79. The SMILES string of the molecule is CCCOCCN1CCN(C=O)CC1. The molecule has 1 amide bonds. The van der Waals surface area contributed by atoms with E-state index in [4.69, 9.17) is 4.74 Å². The van der Waals surface area contributed by atoms with Crippen molar-refractivity contribution in [2.75, 3.05) is 45.9 Å². The maximum Gasteiger partial charge on any atom is 0.209 e. The number of amides is 1. The molecular weight excluding hydrogens is 180 g/mol. The third-order valence-corrected chi connectivity index (χ3v) is 2.46. The average molecular weight is 200 g/mol. The van der Waals surface area contributed by atoms with Gasteiger partial charge in [-0.3, -0.25) is 9.69 Å². The second-order valence-electron chi connectivity index (χ2n) is 3.60. The predicted molar refractivity (Wildman–Crippen MR) is 55.2 cm³/mol. The fourth-order valence-electron chi connectivity index (χ4n) is 1.53. The molecule has 0 unspecified atom stereocenters. The van der Waals surface area contributed by atoms with Crippen molar-refractivity contribution in [2.45, 2.75) is 13.3 Å². The van der Waals surface area contributed by atoms with E-state index in [1.807, 2.05) is 4.90 Å². The Balaban J connectivity index is 2.01. The Morgan fingerprint density at radius 1 is 1.21 bits per heavy atom. The van der Waals surface area contributed by atoms with Crippen molar-refractivity contribution in [1.82, 2.24) is 9.80 Å². The van der Waals surface area contributed by atoms with Crippen LogP contribution in [0.2, 0.25) is 0 Å². The number of carbonyl (C=O) groups excluding carboxylic acids is 1. The zero-order chi connectivity index (χ0) is 10.2. The molecular formula is C10H20N2O2. The van der Waals surface area contributed by atoms with Gasteiger partial charge in [0, 0.05) is 39.3 Å². The van der Waals surface area contributed by atoms with E-state index < -0.39 is 0 Å². The van der Waals surface area contributed by atoms with Crippen LogP contribution in [-0.2, 0) is 9.53 Å². The van der Waals surface area contributed by atoms with Gasteiger partial charge in [-0.05, 0) is 6.42 Å². The van der Waals surface area contributed by atoms with Crippen LogP contribution in [0.15, 0.2) is 0 Å². The molecule has 0 saturated carbocycles. The number of rotatable bonds is 6. The number of carbonyl (C=O) groups is 1. The molecule has 4 nitrogen and oxygen atoms in total. The molecule has 1 heterocycles. The van der Waals surface area contributed by atoms with Gasteiger partial charge in [0.1, 0.15) is 0 Å². The largest absolute Gasteiger partial charge is 0.380 e. The van der Waals surface area contributed by atoms with Gasteiger partial charge in [-0.15, -0.1) is 0 Å². The van der Waals surface area contributed by atoms with E-state index in [0.29, 0.717) is 0 Å². The molecule has 1 fully saturated rings. The average Bonchev–Trinajstić information content (AvgIpc) is 2.25. The van der Waals surface area contributed by atoms with Gasteiger partial charge in [-0.25, -0.2) is 0 Å². The maximum absolute atomic E-state index is 10.4. The summed E-state index contributed by atoms with van der Waals surface area (Å²) in [6.07, 6.45) is 2.02. The quantitative estimate of drug-likeness (QED) is 0.453. The van der Waals surface area contributed by atoms with Crippen LogP contribution in [0.4, 0.5) is 0 Å². The Bertz CT molecular complexity index is 156. The minimum Gasteiger partial charge on any atom is -0.380 e. The fraction of sp³-hybridized carbons (Fsp3) is 0.900. The highest BCUT2D eigenvalue weighted by Crippen LogP contribution is 1.98. The van der Waals surface area contributed by atoms with Gasteiger partial charge in [0.2, 0.25) is 6.41 Å². The Labute approximate surface area is 85.8 Å². The number of hydrogen-bond acceptors (Lipinski definition) is 3. The topological polar surface area (TPSA) is 32.8 Å². The molecule has 0 spiro atoms. The van der Waals surface area contributed by atoms with Crippen molar-refractivity contribution in [3.8, 4) is 0 Å². The van der Waals surface area contributed by atoms with Crippen molar-refractivity contribution in [2.24, 2.45) is 0 Å². The molecule has 0 N–H and O–H groups in total. The third-order valence-electron chi connectivity index (χ3n) is 2.46. The molecule has 1 aliphatic rings. The first-order valence-electron chi connectivity index (χ1n) is 5.36. The Morgan fingerprint density at radius 3 is 2.50 bits per heavy atom. The number of nitrogens with zero attached hydrogens (tertiary/aromatic N) is 2. The first kappa shape index (κ1) is 11.5. The van der Waals surface area contributed by atoms with Crippen molar-refractivity contribution in [3.63, 3.8) is 0 Å². The van der Waals surface area contributed by atoms with Crippen LogP contribution in [0, 0.1) is 0 Å². The van der Waals surface area contributed by atoms with Gasteiger partial charge >= 0.3 is 0 Å². The van der Waals surface area contributed by atoms with Gasteiger partial charge in [0.25, 0.3) is 0 Å². The molecule has 0 bridgehead atoms. The summed E-state index contributed by atoms with van der Waals surface area (Å²) in [6, 6.07) is 0. The maximum atomic E-state index is 10.4. The minimum absolute atomic E-state index is 0.814. The summed E-state index contributed by atoms with van der Waals surface area (Å²) in [5.74, 6) is 0. The second-order valence-corrected chi connectivity index (χ2v) is 3.60. The molecule has 0 aromatic rings. The fourth-order valence-corrected chi connectivity index (χ4v) is 1.53. The van der Waals surface area contributed by atoms with Crippen molar-refractivity contribution in [3.05, 3.63) is 0 Å². The van der Waals surface area contributed by atoms with E-state index >= 15 is 0 Å². The van der Waals surface area contributed by atoms with Gasteiger partial charge in [-0.2, -0.15) is 0 Å². The zero-order valence-corrected chi connectivity index (χ0v) is 8.95. The third kappa shape index (κ3) is 4.07. The first-order chi connectivity index (χ1) is 6.86. The van der Waals surface area contributed by atoms with Gasteiger partial charge in [0.15, 0.2) is 0 Å². The lowest BCUT2D eigenvalue weighted by Gasteiger charge is -2.32. The predicted octanol–water partition coefficient (Wildman–Crippen LogP) is 0.187. The van der Waals surface area contributed by atoms with Crippen LogP contribution in [0.3, 0.4) is 0 Å². The molecule has 0 aromatic carbocycles. The lowest BCUT2D eigenvalue weighted by Crippen LogP contribution is -2.46. The molecule has 14 heavy (non-hydrogen) atoms. The smallest absolute Gasteiger partial charge is 0.209 e. The highest BCUT2D eigenvalue weighted by atomic mass is 16.5. The van der Waals surface area contributed by atoms with Crippen LogP contribution >= 0.6 is 0 Å². The summed E-state index contributed by atoms with van der Waals surface area (Å²) in [7, 11) is 0. The molecule has 82 valence electrons.